The van der Waals surface area contributed by atoms with Gasteiger partial charge in [-0.1, -0.05) is 12.1 Å². The van der Waals surface area contributed by atoms with E-state index in [9.17, 15) is 9.90 Å². The normalized spacial score (nSPS) is 12.0. The molecule has 0 saturated heterocycles. The Hall–Kier alpha value is -3.03. The molecule has 1 aromatic heterocycles. The summed E-state index contributed by atoms with van der Waals surface area (Å²) in [5, 5.41) is 14.3. The van der Waals surface area contributed by atoms with Gasteiger partial charge in [0.15, 0.2) is 11.5 Å². The highest BCUT2D eigenvalue weighted by molar-refractivity contribution is 5.90. The van der Waals surface area contributed by atoms with Gasteiger partial charge in [0.2, 0.25) is 6.41 Å². The molecule has 0 bridgehead atoms. The molecule has 1 heterocycles. The Labute approximate surface area is 169 Å². The second kappa shape index (κ2) is 9.95. The summed E-state index contributed by atoms with van der Waals surface area (Å²) in [6, 6.07) is 13.2. The SMILES string of the molecule is COc1ccc(CCNCC(O)COc2cccc3c2ccn3C=O)cc1OC. The van der Waals surface area contributed by atoms with E-state index in [1.807, 2.05) is 42.5 Å². The summed E-state index contributed by atoms with van der Waals surface area (Å²) < 4.78 is 17.8. The lowest BCUT2D eigenvalue weighted by Crippen LogP contribution is -2.32. The molecule has 2 N–H and O–H groups in total. The lowest BCUT2D eigenvalue weighted by Gasteiger charge is -2.14. The number of carbonyl (C=O) groups is 1. The average Bonchev–Trinajstić information content (AvgIpc) is 3.18. The van der Waals surface area contributed by atoms with Crippen molar-refractivity contribution in [2.24, 2.45) is 0 Å². The Bertz CT molecular complexity index is 954. The molecule has 3 rings (SSSR count). The number of ether oxygens (including phenoxy) is 3. The smallest absolute Gasteiger partial charge is 0.218 e. The topological polar surface area (TPSA) is 82.0 Å². The highest BCUT2D eigenvalue weighted by atomic mass is 16.5. The molecule has 1 unspecified atom stereocenters. The minimum atomic E-state index is -0.649. The lowest BCUT2D eigenvalue weighted by molar-refractivity contribution is 0.107. The molecule has 0 aliphatic carbocycles. The molecule has 1 atom stereocenters. The van der Waals surface area contributed by atoms with Crippen molar-refractivity contribution in [2.45, 2.75) is 12.5 Å². The minimum absolute atomic E-state index is 0.161. The summed E-state index contributed by atoms with van der Waals surface area (Å²) in [5.41, 5.74) is 1.90. The van der Waals surface area contributed by atoms with Gasteiger partial charge in [-0.2, -0.15) is 0 Å². The summed E-state index contributed by atoms with van der Waals surface area (Å²) in [7, 11) is 3.23. The maximum atomic E-state index is 11.0. The molecule has 0 saturated carbocycles. The van der Waals surface area contributed by atoms with E-state index in [1.165, 1.54) is 4.57 Å². The molecule has 2 aromatic carbocycles. The van der Waals surface area contributed by atoms with E-state index < -0.39 is 6.10 Å². The number of nitrogens with one attached hydrogen (secondary N) is 1. The van der Waals surface area contributed by atoms with Crippen molar-refractivity contribution in [3.63, 3.8) is 0 Å². The molecule has 0 amide bonds. The summed E-state index contributed by atoms with van der Waals surface area (Å²) >= 11 is 0. The van der Waals surface area contributed by atoms with Crippen LogP contribution >= 0.6 is 0 Å². The molecule has 29 heavy (non-hydrogen) atoms. The number of aliphatic hydroxyl groups is 1. The van der Waals surface area contributed by atoms with Crippen molar-refractivity contribution in [2.75, 3.05) is 33.9 Å². The Morgan fingerprint density at radius 1 is 1.10 bits per heavy atom. The fraction of sp³-hybridized carbons (Fsp3) is 0.318. The lowest BCUT2D eigenvalue weighted by atomic mass is 10.1. The van der Waals surface area contributed by atoms with E-state index >= 15 is 0 Å². The minimum Gasteiger partial charge on any atom is -0.493 e. The van der Waals surface area contributed by atoms with E-state index in [0.717, 1.165) is 29.3 Å². The van der Waals surface area contributed by atoms with Crippen LogP contribution in [0.5, 0.6) is 17.2 Å². The van der Waals surface area contributed by atoms with Crippen molar-refractivity contribution < 1.29 is 24.1 Å². The molecule has 0 radical (unpaired) electrons. The zero-order valence-electron chi connectivity index (χ0n) is 16.6. The third kappa shape index (κ3) is 5.07. The summed E-state index contributed by atoms with van der Waals surface area (Å²) in [5.74, 6) is 2.05. The number of aliphatic hydroxyl groups excluding tert-OH is 1. The first-order valence-corrected chi connectivity index (χ1v) is 9.43. The Balaban J connectivity index is 1.44. The first-order chi connectivity index (χ1) is 14.2. The number of hydrogen-bond acceptors (Lipinski definition) is 6. The van der Waals surface area contributed by atoms with Gasteiger partial charge in [0.25, 0.3) is 0 Å². The van der Waals surface area contributed by atoms with Crippen molar-refractivity contribution in [1.82, 2.24) is 9.88 Å². The van der Waals surface area contributed by atoms with E-state index in [-0.39, 0.29) is 6.61 Å². The maximum absolute atomic E-state index is 11.0. The number of hydrogen-bond donors (Lipinski definition) is 2. The van der Waals surface area contributed by atoms with E-state index in [2.05, 4.69) is 5.32 Å². The third-order valence-corrected chi connectivity index (χ3v) is 4.69. The average molecular weight is 398 g/mol. The standard InChI is InChI=1S/C22H26N2O5/c1-27-21-7-6-16(12-22(21)28-2)8-10-23-13-17(26)14-29-20-5-3-4-19-18(20)9-11-24(19)15-25/h3-7,9,11-12,15,17,23,26H,8,10,13-14H2,1-2H3. The van der Waals surface area contributed by atoms with Crippen LogP contribution in [0.15, 0.2) is 48.7 Å². The number of carbonyl (C=O) groups excluding carboxylic acids is 1. The fourth-order valence-electron chi connectivity index (χ4n) is 3.16. The van der Waals surface area contributed by atoms with Gasteiger partial charge in [-0.05, 0) is 48.9 Å². The monoisotopic (exact) mass is 398 g/mol. The largest absolute Gasteiger partial charge is 0.493 e. The number of rotatable bonds is 11. The Morgan fingerprint density at radius 3 is 2.69 bits per heavy atom. The van der Waals surface area contributed by atoms with Crippen molar-refractivity contribution >= 4 is 17.3 Å². The number of fused-ring (bicyclic) bond motifs is 1. The van der Waals surface area contributed by atoms with Gasteiger partial charge in [0.05, 0.1) is 19.7 Å². The third-order valence-electron chi connectivity index (χ3n) is 4.69. The molecule has 0 aliphatic heterocycles. The molecular weight excluding hydrogens is 372 g/mol. The zero-order valence-corrected chi connectivity index (χ0v) is 16.6. The Kier molecular flexibility index (Phi) is 7.10. The van der Waals surface area contributed by atoms with Gasteiger partial charge in [-0.25, -0.2) is 0 Å². The molecular formula is C22H26N2O5. The second-order valence-electron chi connectivity index (χ2n) is 6.63. The molecule has 0 aliphatic rings. The fourth-order valence-corrected chi connectivity index (χ4v) is 3.16. The van der Waals surface area contributed by atoms with Gasteiger partial charge < -0.3 is 24.6 Å². The van der Waals surface area contributed by atoms with Crippen molar-refractivity contribution in [1.29, 1.82) is 0 Å². The Morgan fingerprint density at radius 2 is 1.93 bits per heavy atom. The summed E-state index contributed by atoms with van der Waals surface area (Å²) in [6.45, 7) is 1.29. The number of aromatic nitrogens is 1. The second-order valence-corrected chi connectivity index (χ2v) is 6.63. The molecule has 0 spiro atoms. The van der Waals surface area contributed by atoms with Crippen LogP contribution in [-0.2, 0) is 11.2 Å². The number of benzene rings is 2. The summed E-state index contributed by atoms with van der Waals surface area (Å²) in [4.78, 5) is 11.0. The summed E-state index contributed by atoms with van der Waals surface area (Å²) in [6.07, 6.45) is 2.59. The van der Waals surface area contributed by atoms with Crippen LogP contribution in [-0.4, -0.2) is 56.1 Å². The van der Waals surface area contributed by atoms with Crippen LogP contribution in [0, 0.1) is 0 Å². The first kappa shape index (κ1) is 20.7. The molecule has 0 fully saturated rings. The quantitative estimate of drug-likeness (QED) is 0.381. The van der Waals surface area contributed by atoms with Gasteiger partial charge in [-0.3, -0.25) is 9.36 Å². The van der Waals surface area contributed by atoms with Crippen LogP contribution in [0.3, 0.4) is 0 Å². The number of methoxy groups -OCH3 is 2. The van der Waals surface area contributed by atoms with Gasteiger partial charge >= 0.3 is 0 Å². The van der Waals surface area contributed by atoms with E-state index in [1.54, 1.807) is 20.4 Å². The van der Waals surface area contributed by atoms with Crippen LogP contribution in [0.4, 0.5) is 0 Å². The predicted octanol–water partition coefficient (Wildman–Crippen LogP) is 2.27. The molecule has 3 aromatic rings. The van der Waals surface area contributed by atoms with E-state index in [4.69, 9.17) is 14.2 Å². The maximum Gasteiger partial charge on any atom is 0.218 e. The van der Waals surface area contributed by atoms with Gasteiger partial charge in [-0.15, -0.1) is 0 Å². The highest BCUT2D eigenvalue weighted by Crippen LogP contribution is 2.28. The van der Waals surface area contributed by atoms with Gasteiger partial charge in [0.1, 0.15) is 18.5 Å². The van der Waals surface area contributed by atoms with Crippen LogP contribution in [0.25, 0.3) is 10.9 Å². The van der Waals surface area contributed by atoms with Crippen molar-refractivity contribution in [3.05, 3.63) is 54.2 Å². The van der Waals surface area contributed by atoms with Crippen LogP contribution < -0.4 is 19.5 Å². The van der Waals surface area contributed by atoms with E-state index in [0.29, 0.717) is 30.3 Å². The predicted molar refractivity (Wildman–Crippen MR) is 112 cm³/mol. The van der Waals surface area contributed by atoms with Gasteiger partial charge in [0, 0.05) is 18.1 Å². The molecule has 154 valence electrons. The van der Waals surface area contributed by atoms with Crippen LogP contribution in [0.2, 0.25) is 0 Å². The first-order valence-electron chi connectivity index (χ1n) is 9.43. The highest BCUT2D eigenvalue weighted by Gasteiger charge is 2.10. The molecule has 7 nitrogen and oxygen atoms in total. The number of nitrogens with zero attached hydrogens (tertiary/aromatic N) is 1. The van der Waals surface area contributed by atoms with Crippen LogP contribution in [0.1, 0.15) is 5.56 Å². The zero-order chi connectivity index (χ0) is 20.6. The molecule has 7 heteroatoms. The van der Waals surface area contributed by atoms with Crippen molar-refractivity contribution in [3.8, 4) is 17.2 Å².